The summed E-state index contributed by atoms with van der Waals surface area (Å²) in [5.41, 5.74) is 2.68. The minimum Gasteiger partial charge on any atom is -0.368 e. The first-order valence-corrected chi connectivity index (χ1v) is 8.15. The number of hydrogen-bond donors (Lipinski definition) is 1. The maximum absolute atomic E-state index is 6.24. The molecule has 1 atom stereocenters. The zero-order chi connectivity index (χ0) is 14.7. The Morgan fingerprint density at radius 2 is 2.05 bits per heavy atom. The summed E-state index contributed by atoms with van der Waals surface area (Å²) in [6.45, 7) is 11.1. The minimum atomic E-state index is 0.498. The van der Waals surface area contributed by atoms with Gasteiger partial charge in [0.05, 0.1) is 0 Å². The first kappa shape index (κ1) is 15.7. The Morgan fingerprint density at radius 1 is 1.30 bits per heavy atom. The van der Waals surface area contributed by atoms with Gasteiger partial charge in [-0.2, -0.15) is 0 Å². The molecule has 1 aromatic carbocycles. The highest BCUT2D eigenvalue weighted by molar-refractivity contribution is 6.30. The van der Waals surface area contributed by atoms with Crippen LogP contribution in [0.5, 0.6) is 0 Å². The fourth-order valence-electron chi connectivity index (χ4n) is 3.05. The molecule has 0 bridgehead atoms. The van der Waals surface area contributed by atoms with Crippen molar-refractivity contribution in [1.82, 2.24) is 5.32 Å². The Morgan fingerprint density at radius 3 is 2.70 bits per heavy atom. The van der Waals surface area contributed by atoms with E-state index in [2.05, 4.69) is 50.0 Å². The lowest BCUT2D eigenvalue weighted by Gasteiger charge is -2.32. The van der Waals surface area contributed by atoms with E-state index < -0.39 is 0 Å². The first-order chi connectivity index (χ1) is 9.49. The number of nitrogens with one attached hydrogen (secondary N) is 1. The van der Waals surface area contributed by atoms with Crippen LogP contribution in [0.25, 0.3) is 0 Å². The Labute approximate surface area is 128 Å². The molecule has 1 saturated heterocycles. The second-order valence-electron chi connectivity index (χ2n) is 6.46. The van der Waals surface area contributed by atoms with Gasteiger partial charge in [-0.05, 0) is 36.5 Å². The summed E-state index contributed by atoms with van der Waals surface area (Å²) in [6, 6.07) is 7.45. The van der Waals surface area contributed by atoms with Gasteiger partial charge < -0.3 is 10.2 Å². The highest BCUT2D eigenvalue weighted by Crippen LogP contribution is 2.33. The van der Waals surface area contributed by atoms with Gasteiger partial charge in [-0.25, -0.2) is 0 Å². The Hall–Kier alpha value is -0.730. The second-order valence-corrected chi connectivity index (χ2v) is 6.89. The molecule has 0 spiro atoms. The largest absolute Gasteiger partial charge is 0.368 e. The van der Waals surface area contributed by atoms with Gasteiger partial charge in [-0.3, -0.25) is 0 Å². The maximum Gasteiger partial charge on any atom is 0.0429 e. The number of halogens is 1. The van der Waals surface area contributed by atoms with Crippen LogP contribution in [0.15, 0.2) is 18.2 Å². The molecule has 3 heteroatoms. The number of anilines is 1. The smallest absolute Gasteiger partial charge is 0.0429 e. The monoisotopic (exact) mass is 294 g/mol. The molecule has 1 aliphatic heterocycles. The standard InChI is InChI=1S/C17H27ClN2/c1-12(2)16-6-5-9-20(16)17-10-15(18)8-7-14(17)11-19-13(3)4/h7-8,10,12-13,16,19H,5-6,9,11H2,1-4H3. The van der Waals surface area contributed by atoms with Gasteiger partial charge in [0.25, 0.3) is 0 Å². The van der Waals surface area contributed by atoms with Crippen LogP contribution in [0, 0.1) is 5.92 Å². The highest BCUT2D eigenvalue weighted by atomic mass is 35.5. The molecule has 1 aliphatic rings. The normalized spacial score (nSPS) is 19.4. The third kappa shape index (κ3) is 3.67. The lowest BCUT2D eigenvalue weighted by atomic mass is 10.0. The molecule has 0 saturated carbocycles. The van der Waals surface area contributed by atoms with E-state index in [-0.39, 0.29) is 0 Å². The predicted octanol–water partition coefficient (Wildman–Crippen LogP) is 4.46. The summed E-state index contributed by atoms with van der Waals surface area (Å²) >= 11 is 6.24. The van der Waals surface area contributed by atoms with Crippen LogP contribution < -0.4 is 10.2 Å². The van der Waals surface area contributed by atoms with E-state index in [1.807, 2.05) is 6.07 Å². The van der Waals surface area contributed by atoms with Crippen molar-refractivity contribution < 1.29 is 0 Å². The number of hydrogen-bond acceptors (Lipinski definition) is 2. The molecule has 112 valence electrons. The van der Waals surface area contributed by atoms with Crippen LogP contribution in [0.3, 0.4) is 0 Å². The number of benzene rings is 1. The summed E-state index contributed by atoms with van der Waals surface area (Å²) in [5.74, 6) is 0.683. The van der Waals surface area contributed by atoms with E-state index in [9.17, 15) is 0 Å². The fraction of sp³-hybridized carbons (Fsp3) is 0.647. The van der Waals surface area contributed by atoms with Gasteiger partial charge >= 0.3 is 0 Å². The number of nitrogens with zero attached hydrogens (tertiary/aromatic N) is 1. The average molecular weight is 295 g/mol. The van der Waals surface area contributed by atoms with Gasteiger partial charge in [0, 0.05) is 35.9 Å². The van der Waals surface area contributed by atoms with Crippen LogP contribution in [0.4, 0.5) is 5.69 Å². The summed E-state index contributed by atoms with van der Waals surface area (Å²) in [7, 11) is 0. The zero-order valence-corrected chi connectivity index (χ0v) is 13.9. The van der Waals surface area contributed by atoms with E-state index in [0.29, 0.717) is 18.0 Å². The van der Waals surface area contributed by atoms with Crippen LogP contribution in [-0.2, 0) is 6.54 Å². The Kier molecular flexibility index (Phi) is 5.34. The fourth-order valence-corrected chi connectivity index (χ4v) is 3.22. The van der Waals surface area contributed by atoms with Crippen LogP contribution in [0.1, 0.15) is 46.1 Å². The predicted molar refractivity (Wildman–Crippen MR) is 88.6 cm³/mol. The topological polar surface area (TPSA) is 15.3 Å². The molecule has 1 unspecified atom stereocenters. The summed E-state index contributed by atoms with van der Waals surface area (Å²) in [6.07, 6.45) is 2.58. The van der Waals surface area contributed by atoms with Gasteiger partial charge in [0.2, 0.25) is 0 Å². The first-order valence-electron chi connectivity index (χ1n) is 7.77. The molecule has 1 heterocycles. The minimum absolute atomic E-state index is 0.498. The third-order valence-electron chi connectivity index (χ3n) is 4.13. The molecule has 0 amide bonds. The van der Waals surface area contributed by atoms with E-state index in [1.165, 1.54) is 24.1 Å². The SMILES string of the molecule is CC(C)NCc1ccc(Cl)cc1N1CCCC1C(C)C. The van der Waals surface area contributed by atoms with Gasteiger partial charge in [-0.1, -0.05) is 45.4 Å². The molecule has 0 radical (unpaired) electrons. The van der Waals surface area contributed by atoms with Gasteiger partial charge in [-0.15, -0.1) is 0 Å². The lowest BCUT2D eigenvalue weighted by Crippen LogP contribution is -2.34. The maximum atomic E-state index is 6.24. The van der Waals surface area contributed by atoms with Crippen LogP contribution in [-0.4, -0.2) is 18.6 Å². The molecule has 1 N–H and O–H groups in total. The van der Waals surface area contributed by atoms with Crippen molar-refractivity contribution in [3.8, 4) is 0 Å². The second kappa shape index (κ2) is 6.82. The molecule has 20 heavy (non-hydrogen) atoms. The van der Waals surface area contributed by atoms with E-state index >= 15 is 0 Å². The third-order valence-corrected chi connectivity index (χ3v) is 4.36. The quantitative estimate of drug-likeness (QED) is 0.862. The van der Waals surface area contributed by atoms with Crippen molar-refractivity contribution in [2.24, 2.45) is 5.92 Å². The van der Waals surface area contributed by atoms with Gasteiger partial charge in [0.15, 0.2) is 0 Å². The summed E-state index contributed by atoms with van der Waals surface area (Å²) < 4.78 is 0. The average Bonchev–Trinajstić information content (AvgIpc) is 2.86. The van der Waals surface area contributed by atoms with E-state index in [4.69, 9.17) is 11.6 Å². The van der Waals surface area contributed by atoms with Crippen molar-refractivity contribution in [3.05, 3.63) is 28.8 Å². The number of rotatable bonds is 5. The van der Waals surface area contributed by atoms with Crippen LogP contribution >= 0.6 is 11.6 Å². The van der Waals surface area contributed by atoms with E-state index in [1.54, 1.807) is 0 Å². The van der Waals surface area contributed by atoms with Crippen molar-refractivity contribution in [3.63, 3.8) is 0 Å². The Bertz CT molecular complexity index is 443. The zero-order valence-electron chi connectivity index (χ0n) is 13.1. The van der Waals surface area contributed by atoms with E-state index in [0.717, 1.165) is 18.1 Å². The lowest BCUT2D eigenvalue weighted by molar-refractivity contribution is 0.490. The Balaban J connectivity index is 2.26. The molecular formula is C17H27ClN2. The molecule has 2 rings (SSSR count). The summed E-state index contributed by atoms with van der Waals surface area (Å²) in [4.78, 5) is 2.56. The molecule has 0 aromatic heterocycles. The molecule has 0 aliphatic carbocycles. The molecular weight excluding hydrogens is 268 g/mol. The summed E-state index contributed by atoms with van der Waals surface area (Å²) in [5, 5.41) is 4.36. The van der Waals surface area contributed by atoms with Gasteiger partial charge in [0.1, 0.15) is 0 Å². The molecule has 2 nitrogen and oxygen atoms in total. The molecule has 1 fully saturated rings. The highest BCUT2D eigenvalue weighted by Gasteiger charge is 2.28. The van der Waals surface area contributed by atoms with Crippen molar-refractivity contribution >= 4 is 17.3 Å². The molecule has 1 aromatic rings. The van der Waals surface area contributed by atoms with Crippen LogP contribution in [0.2, 0.25) is 5.02 Å². The van der Waals surface area contributed by atoms with Crippen molar-refractivity contribution in [1.29, 1.82) is 0 Å². The van der Waals surface area contributed by atoms with Crippen molar-refractivity contribution in [2.75, 3.05) is 11.4 Å². The van der Waals surface area contributed by atoms with Crippen molar-refractivity contribution in [2.45, 2.75) is 59.2 Å².